The van der Waals surface area contributed by atoms with Gasteiger partial charge in [0.05, 0.1) is 13.2 Å². The zero-order valence-corrected chi connectivity index (χ0v) is 14.1. The lowest BCUT2D eigenvalue weighted by Crippen LogP contribution is -2.38. The third-order valence-electron chi connectivity index (χ3n) is 3.81. The standard InChI is InChI=1S/C17H30N2O2/c1-14-6-7-16(15(2)12-14)17(18-3)13-19(8-10-20-4)9-11-21-5/h6-7,12,17-18H,8-11,13H2,1-5H3. The lowest BCUT2D eigenvalue weighted by molar-refractivity contribution is 0.108. The highest BCUT2D eigenvalue weighted by Crippen LogP contribution is 2.19. The van der Waals surface area contributed by atoms with Gasteiger partial charge < -0.3 is 14.8 Å². The van der Waals surface area contributed by atoms with Gasteiger partial charge in [0, 0.05) is 39.9 Å². The number of hydrogen-bond donors (Lipinski definition) is 1. The van der Waals surface area contributed by atoms with Crippen molar-refractivity contribution in [2.24, 2.45) is 0 Å². The second kappa shape index (κ2) is 9.90. The van der Waals surface area contributed by atoms with E-state index in [2.05, 4.69) is 42.3 Å². The quantitative estimate of drug-likeness (QED) is 0.717. The summed E-state index contributed by atoms with van der Waals surface area (Å²) in [6.07, 6.45) is 0. The Morgan fingerprint density at radius 1 is 1.10 bits per heavy atom. The Bertz CT molecular complexity index is 402. The summed E-state index contributed by atoms with van der Waals surface area (Å²) in [7, 11) is 5.51. The molecular weight excluding hydrogens is 264 g/mol. The van der Waals surface area contributed by atoms with Gasteiger partial charge in [-0.05, 0) is 32.0 Å². The van der Waals surface area contributed by atoms with Crippen LogP contribution in [0.4, 0.5) is 0 Å². The number of benzene rings is 1. The van der Waals surface area contributed by atoms with E-state index in [4.69, 9.17) is 9.47 Å². The van der Waals surface area contributed by atoms with Crippen LogP contribution in [0.25, 0.3) is 0 Å². The van der Waals surface area contributed by atoms with Gasteiger partial charge in [-0.25, -0.2) is 0 Å². The summed E-state index contributed by atoms with van der Waals surface area (Å²) >= 11 is 0. The topological polar surface area (TPSA) is 33.7 Å². The van der Waals surface area contributed by atoms with Crippen molar-refractivity contribution in [3.8, 4) is 0 Å². The van der Waals surface area contributed by atoms with E-state index in [1.165, 1.54) is 16.7 Å². The van der Waals surface area contributed by atoms with Crippen LogP contribution in [0.1, 0.15) is 22.7 Å². The van der Waals surface area contributed by atoms with E-state index in [1.807, 2.05) is 7.05 Å². The molecule has 1 aromatic carbocycles. The van der Waals surface area contributed by atoms with Crippen LogP contribution in [-0.2, 0) is 9.47 Å². The SMILES string of the molecule is CNC(CN(CCOC)CCOC)c1ccc(C)cc1C. The number of hydrogen-bond acceptors (Lipinski definition) is 4. The molecule has 0 amide bonds. The molecule has 0 aliphatic rings. The molecule has 4 nitrogen and oxygen atoms in total. The van der Waals surface area contributed by atoms with E-state index < -0.39 is 0 Å². The summed E-state index contributed by atoms with van der Waals surface area (Å²) in [5.74, 6) is 0. The third kappa shape index (κ3) is 6.14. The number of nitrogens with one attached hydrogen (secondary N) is 1. The van der Waals surface area contributed by atoms with Crippen LogP contribution >= 0.6 is 0 Å². The third-order valence-corrected chi connectivity index (χ3v) is 3.81. The Kier molecular flexibility index (Phi) is 8.54. The Morgan fingerprint density at radius 3 is 2.19 bits per heavy atom. The monoisotopic (exact) mass is 294 g/mol. The van der Waals surface area contributed by atoms with Crippen molar-refractivity contribution in [3.05, 3.63) is 34.9 Å². The number of methoxy groups -OCH3 is 2. The number of ether oxygens (including phenoxy) is 2. The van der Waals surface area contributed by atoms with Crippen LogP contribution < -0.4 is 5.32 Å². The second-order valence-corrected chi connectivity index (χ2v) is 5.49. The average molecular weight is 294 g/mol. The summed E-state index contributed by atoms with van der Waals surface area (Å²) in [6.45, 7) is 8.59. The maximum atomic E-state index is 5.21. The van der Waals surface area contributed by atoms with Crippen LogP contribution in [0.5, 0.6) is 0 Å². The van der Waals surface area contributed by atoms with Crippen molar-refractivity contribution >= 4 is 0 Å². The predicted octanol–water partition coefficient (Wildman–Crippen LogP) is 2.16. The first-order chi connectivity index (χ1) is 10.1. The van der Waals surface area contributed by atoms with E-state index in [0.29, 0.717) is 6.04 Å². The first-order valence-corrected chi connectivity index (χ1v) is 7.57. The Hall–Kier alpha value is -0.940. The van der Waals surface area contributed by atoms with E-state index in [-0.39, 0.29) is 0 Å². The molecule has 1 rings (SSSR count). The zero-order valence-electron chi connectivity index (χ0n) is 14.1. The molecule has 0 saturated heterocycles. The number of nitrogens with zero attached hydrogens (tertiary/aromatic N) is 1. The normalized spacial score (nSPS) is 12.9. The average Bonchev–Trinajstić information content (AvgIpc) is 2.47. The van der Waals surface area contributed by atoms with Crippen molar-refractivity contribution in [2.75, 3.05) is 54.1 Å². The molecule has 0 fully saturated rings. The minimum Gasteiger partial charge on any atom is -0.383 e. The molecule has 0 aliphatic heterocycles. The van der Waals surface area contributed by atoms with Gasteiger partial charge in [-0.3, -0.25) is 4.90 Å². The van der Waals surface area contributed by atoms with E-state index >= 15 is 0 Å². The van der Waals surface area contributed by atoms with Gasteiger partial charge in [0.1, 0.15) is 0 Å². The maximum Gasteiger partial charge on any atom is 0.0589 e. The molecular formula is C17H30N2O2. The smallest absolute Gasteiger partial charge is 0.0589 e. The number of aryl methyl sites for hydroxylation is 2. The van der Waals surface area contributed by atoms with Crippen LogP contribution in [0.3, 0.4) is 0 Å². The van der Waals surface area contributed by atoms with Gasteiger partial charge >= 0.3 is 0 Å². The van der Waals surface area contributed by atoms with Crippen molar-refractivity contribution in [1.29, 1.82) is 0 Å². The fourth-order valence-corrected chi connectivity index (χ4v) is 2.56. The van der Waals surface area contributed by atoms with Gasteiger partial charge in [-0.1, -0.05) is 23.8 Å². The Morgan fingerprint density at radius 2 is 1.71 bits per heavy atom. The fraction of sp³-hybridized carbons (Fsp3) is 0.647. The largest absolute Gasteiger partial charge is 0.383 e. The molecule has 0 spiro atoms. The minimum absolute atomic E-state index is 0.319. The molecule has 0 aliphatic carbocycles. The molecule has 0 aromatic heterocycles. The lowest BCUT2D eigenvalue weighted by atomic mass is 9.99. The van der Waals surface area contributed by atoms with Crippen LogP contribution in [0, 0.1) is 13.8 Å². The molecule has 0 radical (unpaired) electrons. The minimum atomic E-state index is 0.319. The highest BCUT2D eigenvalue weighted by molar-refractivity contribution is 5.33. The summed E-state index contributed by atoms with van der Waals surface area (Å²) in [5, 5.41) is 3.44. The number of likely N-dealkylation sites (N-methyl/N-ethyl adjacent to an activating group) is 1. The molecule has 21 heavy (non-hydrogen) atoms. The van der Waals surface area contributed by atoms with Crippen molar-refractivity contribution < 1.29 is 9.47 Å². The molecule has 120 valence electrons. The summed E-state index contributed by atoms with van der Waals surface area (Å²) in [6, 6.07) is 6.98. The van der Waals surface area contributed by atoms with Gasteiger partial charge in [0.15, 0.2) is 0 Å². The molecule has 0 saturated carbocycles. The van der Waals surface area contributed by atoms with Gasteiger partial charge in [0.2, 0.25) is 0 Å². The van der Waals surface area contributed by atoms with Crippen LogP contribution in [0.15, 0.2) is 18.2 Å². The van der Waals surface area contributed by atoms with Crippen LogP contribution in [0.2, 0.25) is 0 Å². The second-order valence-electron chi connectivity index (χ2n) is 5.49. The Balaban J connectivity index is 2.76. The summed E-state index contributed by atoms with van der Waals surface area (Å²) in [4.78, 5) is 2.38. The molecule has 1 N–H and O–H groups in total. The molecule has 0 bridgehead atoms. The fourth-order valence-electron chi connectivity index (χ4n) is 2.56. The van der Waals surface area contributed by atoms with Crippen LogP contribution in [-0.4, -0.2) is 59.0 Å². The van der Waals surface area contributed by atoms with Crippen molar-refractivity contribution in [2.45, 2.75) is 19.9 Å². The summed E-state index contributed by atoms with van der Waals surface area (Å²) < 4.78 is 10.4. The molecule has 0 heterocycles. The van der Waals surface area contributed by atoms with E-state index in [1.54, 1.807) is 14.2 Å². The van der Waals surface area contributed by atoms with Gasteiger partial charge in [0.25, 0.3) is 0 Å². The molecule has 1 unspecified atom stereocenters. The highest BCUT2D eigenvalue weighted by Gasteiger charge is 2.16. The van der Waals surface area contributed by atoms with E-state index in [0.717, 1.165) is 32.8 Å². The maximum absolute atomic E-state index is 5.21. The first-order valence-electron chi connectivity index (χ1n) is 7.57. The Labute approximate surface area is 129 Å². The number of rotatable bonds is 10. The van der Waals surface area contributed by atoms with Gasteiger partial charge in [-0.2, -0.15) is 0 Å². The molecule has 1 aromatic rings. The van der Waals surface area contributed by atoms with Crippen molar-refractivity contribution in [3.63, 3.8) is 0 Å². The highest BCUT2D eigenvalue weighted by atomic mass is 16.5. The molecule has 4 heteroatoms. The van der Waals surface area contributed by atoms with Crippen molar-refractivity contribution in [1.82, 2.24) is 10.2 Å². The lowest BCUT2D eigenvalue weighted by Gasteiger charge is -2.28. The zero-order chi connectivity index (χ0) is 15.7. The predicted molar refractivity (Wildman–Crippen MR) is 87.9 cm³/mol. The molecule has 1 atom stereocenters. The van der Waals surface area contributed by atoms with Gasteiger partial charge in [-0.15, -0.1) is 0 Å². The van der Waals surface area contributed by atoms with E-state index in [9.17, 15) is 0 Å². The summed E-state index contributed by atoms with van der Waals surface area (Å²) in [5.41, 5.74) is 4.01. The first kappa shape index (κ1) is 18.1.